The molecule has 0 unspecified atom stereocenters. The summed E-state index contributed by atoms with van der Waals surface area (Å²) < 4.78 is 5.12. The minimum atomic E-state index is 0.226. The van der Waals surface area contributed by atoms with E-state index in [2.05, 4.69) is 6.07 Å². The van der Waals surface area contributed by atoms with Crippen molar-refractivity contribution in [2.75, 3.05) is 0 Å². The van der Waals surface area contributed by atoms with Crippen molar-refractivity contribution in [3.8, 4) is 0 Å². The summed E-state index contributed by atoms with van der Waals surface area (Å²) in [6.45, 7) is 0. The first-order valence-corrected chi connectivity index (χ1v) is 4.80. The second-order valence-electron chi connectivity index (χ2n) is 3.50. The van der Waals surface area contributed by atoms with Crippen LogP contribution in [0.4, 0.5) is 0 Å². The van der Waals surface area contributed by atoms with Gasteiger partial charge in [0.25, 0.3) is 0 Å². The summed E-state index contributed by atoms with van der Waals surface area (Å²) in [5.74, 6) is 0. The van der Waals surface area contributed by atoms with Gasteiger partial charge in [0.05, 0.1) is 11.6 Å². The molecule has 1 N–H and O–H groups in total. The maximum atomic E-state index is 7.78. The van der Waals surface area contributed by atoms with Crippen LogP contribution in [0.5, 0.6) is 0 Å². The Balaban J connectivity index is 2.70. The molecule has 0 fully saturated rings. The number of nitrogens with one attached hydrogen (secondary N) is 1. The van der Waals surface area contributed by atoms with Crippen LogP contribution in [0.3, 0.4) is 0 Å². The molecular weight excluding hydrogens is 186 g/mol. The smallest absolute Gasteiger partial charge is 0.219 e. The van der Waals surface area contributed by atoms with Crippen LogP contribution < -0.4 is 5.55 Å². The van der Waals surface area contributed by atoms with E-state index in [1.807, 2.05) is 36.4 Å². The predicted molar refractivity (Wildman–Crippen MR) is 59.6 cm³/mol. The highest BCUT2D eigenvalue weighted by atomic mass is 16.3. The monoisotopic (exact) mass is 195 g/mol. The Morgan fingerprint density at radius 3 is 2.60 bits per heavy atom. The van der Waals surface area contributed by atoms with Crippen LogP contribution in [0.15, 0.2) is 53.1 Å². The van der Waals surface area contributed by atoms with Crippen LogP contribution in [0.2, 0.25) is 0 Å². The molecule has 0 saturated carbocycles. The maximum absolute atomic E-state index is 7.78. The van der Waals surface area contributed by atoms with Gasteiger partial charge in [-0.2, -0.15) is 0 Å². The van der Waals surface area contributed by atoms with Gasteiger partial charge < -0.3 is 4.42 Å². The van der Waals surface area contributed by atoms with Gasteiger partial charge in [-0.15, -0.1) is 0 Å². The summed E-state index contributed by atoms with van der Waals surface area (Å²) >= 11 is 0. The fraction of sp³-hybridized carbons (Fsp3) is 0. The van der Waals surface area contributed by atoms with E-state index < -0.39 is 0 Å². The molecule has 0 radical (unpaired) electrons. The van der Waals surface area contributed by atoms with Crippen molar-refractivity contribution < 1.29 is 4.42 Å². The second-order valence-corrected chi connectivity index (χ2v) is 3.50. The SMILES string of the molecule is N=c1occc2ccc3ccccc3c12. The zero-order chi connectivity index (χ0) is 10.3. The van der Waals surface area contributed by atoms with E-state index in [1.165, 1.54) is 0 Å². The van der Waals surface area contributed by atoms with Gasteiger partial charge in [0.2, 0.25) is 5.55 Å². The van der Waals surface area contributed by atoms with Crippen LogP contribution in [0.1, 0.15) is 0 Å². The maximum Gasteiger partial charge on any atom is 0.219 e. The number of fused-ring (bicyclic) bond motifs is 3. The Hall–Kier alpha value is -2.09. The minimum Gasteiger partial charge on any atom is -0.447 e. The number of rotatable bonds is 0. The van der Waals surface area contributed by atoms with Gasteiger partial charge in [-0.25, -0.2) is 0 Å². The molecule has 0 atom stereocenters. The quantitative estimate of drug-likeness (QED) is 0.550. The Bertz CT molecular complexity index is 697. The highest BCUT2D eigenvalue weighted by Crippen LogP contribution is 2.21. The first kappa shape index (κ1) is 8.24. The van der Waals surface area contributed by atoms with Crippen LogP contribution in [0, 0.1) is 5.41 Å². The molecule has 0 aliphatic heterocycles. The molecule has 3 aromatic rings. The van der Waals surface area contributed by atoms with E-state index in [9.17, 15) is 0 Å². The number of benzene rings is 2. The summed E-state index contributed by atoms with van der Waals surface area (Å²) in [6.07, 6.45) is 1.56. The number of hydrogen-bond donors (Lipinski definition) is 1. The van der Waals surface area contributed by atoms with Gasteiger partial charge in [0.15, 0.2) is 0 Å². The molecule has 15 heavy (non-hydrogen) atoms. The third kappa shape index (κ3) is 1.15. The first-order chi connectivity index (χ1) is 7.36. The molecule has 2 aromatic carbocycles. The molecule has 0 amide bonds. The van der Waals surface area contributed by atoms with Gasteiger partial charge >= 0.3 is 0 Å². The van der Waals surface area contributed by atoms with E-state index in [4.69, 9.17) is 9.83 Å². The average molecular weight is 195 g/mol. The summed E-state index contributed by atoms with van der Waals surface area (Å²) in [7, 11) is 0. The van der Waals surface area contributed by atoms with Crippen molar-refractivity contribution in [1.82, 2.24) is 0 Å². The van der Waals surface area contributed by atoms with Crippen molar-refractivity contribution in [2.45, 2.75) is 0 Å². The van der Waals surface area contributed by atoms with Crippen molar-refractivity contribution in [3.05, 3.63) is 54.3 Å². The van der Waals surface area contributed by atoms with Crippen LogP contribution >= 0.6 is 0 Å². The topological polar surface area (TPSA) is 37.0 Å². The molecule has 0 saturated heterocycles. The van der Waals surface area contributed by atoms with Gasteiger partial charge in [-0.05, 0) is 22.2 Å². The van der Waals surface area contributed by atoms with Gasteiger partial charge in [0.1, 0.15) is 0 Å². The second kappa shape index (κ2) is 2.95. The minimum absolute atomic E-state index is 0.226. The molecule has 1 heterocycles. The Labute approximate surface area is 86.3 Å². The zero-order valence-electron chi connectivity index (χ0n) is 8.03. The van der Waals surface area contributed by atoms with Gasteiger partial charge in [-0.3, -0.25) is 5.41 Å². The summed E-state index contributed by atoms with van der Waals surface area (Å²) in [6, 6.07) is 14.0. The lowest BCUT2D eigenvalue weighted by atomic mass is 10.0. The molecule has 0 aliphatic carbocycles. The molecule has 72 valence electrons. The standard InChI is InChI=1S/C13H9NO/c14-13-12-10(7-8-15-13)6-5-9-3-1-2-4-11(9)12/h1-8,14H. The molecule has 2 heteroatoms. The molecular formula is C13H9NO. The Morgan fingerprint density at radius 1 is 0.867 bits per heavy atom. The molecule has 1 aromatic heterocycles. The molecule has 2 nitrogen and oxygen atoms in total. The lowest BCUT2D eigenvalue weighted by Gasteiger charge is -2.02. The van der Waals surface area contributed by atoms with Crippen LogP contribution in [-0.4, -0.2) is 0 Å². The Kier molecular flexibility index (Phi) is 1.62. The normalized spacial score (nSPS) is 10.9. The lowest BCUT2D eigenvalue weighted by Crippen LogP contribution is -1.98. The van der Waals surface area contributed by atoms with Crippen LogP contribution in [0.25, 0.3) is 21.5 Å². The third-order valence-electron chi connectivity index (χ3n) is 2.62. The van der Waals surface area contributed by atoms with Crippen molar-refractivity contribution in [1.29, 1.82) is 5.41 Å². The van der Waals surface area contributed by atoms with E-state index in [0.717, 1.165) is 21.5 Å². The van der Waals surface area contributed by atoms with Crippen LogP contribution in [-0.2, 0) is 0 Å². The van der Waals surface area contributed by atoms with Crippen molar-refractivity contribution in [2.24, 2.45) is 0 Å². The summed E-state index contributed by atoms with van der Waals surface area (Å²) in [4.78, 5) is 0. The lowest BCUT2D eigenvalue weighted by molar-refractivity contribution is 0.496. The molecule has 3 rings (SSSR count). The van der Waals surface area contributed by atoms with Gasteiger partial charge in [0, 0.05) is 0 Å². The fourth-order valence-corrected chi connectivity index (χ4v) is 1.91. The van der Waals surface area contributed by atoms with Gasteiger partial charge in [-0.1, -0.05) is 36.4 Å². The largest absolute Gasteiger partial charge is 0.447 e. The third-order valence-corrected chi connectivity index (χ3v) is 2.62. The van der Waals surface area contributed by atoms with E-state index in [1.54, 1.807) is 6.26 Å². The van der Waals surface area contributed by atoms with Crippen molar-refractivity contribution in [3.63, 3.8) is 0 Å². The highest BCUT2D eigenvalue weighted by Gasteiger charge is 2.01. The predicted octanol–water partition coefficient (Wildman–Crippen LogP) is 3.07. The zero-order valence-corrected chi connectivity index (χ0v) is 8.03. The molecule has 0 spiro atoms. The van der Waals surface area contributed by atoms with E-state index >= 15 is 0 Å². The average Bonchev–Trinajstić information content (AvgIpc) is 2.29. The Morgan fingerprint density at radius 2 is 1.67 bits per heavy atom. The van der Waals surface area contributed by atoms with E-state index in [0.29, 0.717) is 0 Å². The number of hydrogen-bond acceptors (Lipinski definition) is 2. The van der Waals surface area contributed by atoms with E-state index in [-0.39, 0.29) is 5.55 Å². The fourth-order valence-electron chi connectivity index (χ4n) is 1.91. The highest BCUT2D eigenvalue weighted by molar-refractivity contribution is 6.06. The first-order valence-electron chi connectivity index (χ1n) is 4.80. The molecule has 0 aliphatic rings. The molecule has 0 bridgehead atoms. The summed E-state index contributed by atoms with van der Waals surface area (Å²) in [5, 5.41) is 11.9. The summed E-state index contributed by atoms with van der Waals surface area (Å²) in [5.41, 5.74) is 0.226. The van der Waals surface area contributed by atoms with Crippen molar-refractivity contribution >= 4 is 21.5 Å².